The Labute approximate surface area is 342 Å². The number of aryl methyl sites for hydroxylation is 1. The molecule has 2 aromatic carbocycles. The van der Waals surface area contributed by atoms with Crippen molar-refractivity contribution >= 4 is 59.5 Å². The summed E-state index contributed by atoms with van der Waals surface area (Å²) in [6.45, 7) is 2.44. The van der Waals surface area contributed by atoms with Gasteiger partial charge >= 0.3 is 0 Å². The fourth-order valence-electron chi connectivity index (χ4n) is 8.09. The molecule has 60 heavy (non-hydrogen) atoms. The maximum atomic E-state index is 15.5. The van der Waals surface area contributed by atoms with Crippen LogP contribution in [0.25, 0.3) is 32.4 Å². The molecule has 2 fully saturated rings. The van der Waals surface area contributed by atoms with Gasteiger partial charge in [-0.2, -0.15) is 19.0 Å². The number of thiazole rings is 1. The molecule has 4 heterocycles. The van der Waals surface area contributed by atoms with Crippen LogP contribution in [0.4, 0.5) is 37.3 Å². The fourth-order valence-corrected chi connectivity index (χ4v) is 10.3. The molecule has 3 aliphatic rings. The third-order valence-corrected chi connectivity index (χ3v) is 13.7. The molecule has 4 aromatic heterocycles. The Morgan fingerprint density at radius 2 is 1.78 bits per heavy atom. The highest BCUT2D eigenvalue weighted by atomic mass is 32.2. The van der Waals surface area contributed by atoms with E-state index in [0.717, 1.165) is 12.1 Å². The Morgan fingerprint density at radius 1 is 1.05 bits per heavy atom. The lowest BCUT2D eigenvalue weighted by atomic mass is 9.94. The number of rotatable bonds is 14. The van der Waals surface area contributed by atoms with E-state index in [4.69, 9.17) is 4.98 Å². The molecule has 2 saturated carbocycles. The Balaban J connectivity index is 1.18. The third kappa shape index (κ3) is 7.33. The number of alkyl halides is 4. The van der Waals surface area contributed by atoms with Gasteiger partial charge in [-0.1, -0.05) is 23.5 Å². The molecule has 3 aliphatic carbocycles. The maximum Gasteiger partial charge on any atom is 0.293 e. The summed E-state index contributed by atoms with van der Waals surface area (Å²) in [4.78, 5) is 23.5. The first-order valence-corrected chi connectivity index (χ1v) is 21.4. The summed E-state index contributed by atoms with van der Waals surface area (Å²) in [6.07, 6.45) is -2.39. The Bertz CT molecular complexity index is 2810. The molecule has 6 aromatic rings. The molecule has 3 atom stereocenters. The van der Waals surface area contributed by atoms with Gasteiger partial charge in [0.2, 0.25) is 15.9 Å². The summed E-state index contributed by atoms with van der Waals surface area (Å²) in [6, 6.07) is 8.32. The minimum Gasteiger partial charge on any atom is -0.389 e. The van der Waals surface area contributed by atoms with Crippen molar-refractivity contribution in [2.45, 2.75) is 81.2 Å². The van der Waals surface area contributed by atoms with Gasteiger partial charge < -0.3 is 15.7 Å². The van der Waals surface area contributed by atoms with Gasteiger partial charge in [-0.05, 0) is 75.3 Å². The highest BCUT2D eigenvalue weighted by Crippen LogP contribution is 2.68. The van der Waals surface area contributed by atoms with Gasteiger partial charge in [-0.25, -0.2) is 35.9 Å². The molecule has 0 bridgehead atoms. The molecule has 0 spiro atoms. The van der Waals surface area contributed by atoms with E-state index in [9.17, 15) is 35.9 Å². The SMILES string of the molecule is Cn1nc(NS(=O)(=O)C2CC2)c2cccc(-c3cc4sc(NCC(C)(C)O)nc4nc3[C@H](Cc3cc(F)cc(F)c3)NC(=O)Cn3nc(C(F)F)c4c3C(F)(F)[C@@H]3C[C@H]43)c21. The molecule has 0 aliphatic heterocycles. The number of amides is 1. The lowest BCUT2D eigenvalue weighted by Gasteiger charge is -2.23. The van der Waals surface area contributed by atoms with E-state index in [1.54, 1.807) is 45.2 Å². The number of fused-ring (bicyclic) bond motifs is 5. The smallest absolute Gasteiger partial charge is 0.293 e. The van der Waals surface area contributed by atoms with Gasteiger partial charge in [0.15, 0.2) is 16.6 Å². The molecule has 4 N–H and O–H groups in total. The minimum absolute atomic E-state index is 0.0315. The third-order valence-electron chi connectivity index (χ3n) is 10.9. The van der Waals surface area contributed by atoms with Crippen molar-refractivity contribution in [1.82, 2.24) is 34.8 Å². The number of anilines is 2. The van der Waals surface area contributed by atoms with Crippen LogP contribution < -0.4 is 15.4 Å². The molecular weight excluding hydrogens is 837 g/mol. The van der Waals surface area contributed by atoms with Crippen LogP contribution in [0.2, 0.25) is 0 Å². The number of nitrogens with one attached hydrogen (secondary N) is 3. The molecule has 1 amide bonds. The molecule has 0 saturated heterocycles. The molecule has 0 radical (unpaired) electrons. The molecule has 0 unspecified atom stereocenters. The quantitative estimate of drug-likeness (QED) is 0.0839. The van der Waals surface area contributed by atoms with E-state index in [1.807, 2.05) is 0 Å². The van der Waals surface area contributed by atoms with Gasteiger partial charge in [0.05, 0.1) is 32.8 Å². The second-order valence-corrected chi connectivity index (χ2v) is 19.2. The summed E-state index contributed by atoms with van der Waals surface area (Å²) in [5.41, 5.74) is -1.24. The van der Waals surface area contributed by atoms with Gasteiger partial charge in [0.25, 0.3) is 12.3 Å². The van der Waals surface area contributed by atoms with Crippen LogP contribution in [0, 0.1) is 17.6 Å². The summed E-state index contributed by atoms with van der Waals surface area (Å²) in [5.74, 6) is -8.11. The highest BCUT2D eigenvalue weighted by Gasteiger charge is 2.67. The number of carbonyl (C=O) groups is 1. The lowest BCUT2D eigenvalue weighted by Crippen LogP contribution is -2.35. The van der Waals surface area contributed by atoms with Crippen molar-refractivity contribution in [1.29, 1.82) is 0 Å². The van der Waals surface area contributed by atoms with Gasteiger partial charge in [0.1, 0.15) is 29.6 Å². The summed E-state index contributed by atoms with van der Waals surface area (Å²) >= 11 is 1.20. The molecule has 21 heteroatoms. The normalized spacial score (nSPS) is 18.9. The number of pyridine rings is 1. The number of nitrogens with zero attached hydrogens (tertiary/aromatic N) is 6. The number of carbonyl (C=O) groups excluding carboxylic acids is 1. The van der Waals surface area contributed by atoms with Crippen LogP contribution >= 0.6 is 11.3 Å². The zero-order valence-electron chi connectivity index (χ0n) is 32.1. The van der Waals surface area contributed by atoms with Crippen LogP contribution in [0.3, 0.4) is 0 Å². The number of hydrogen-bond acceptors (Lipinski definition) is 10. The topological polar surface area (TPSA) is 169 Å². The number of benzene rings is 2. The zero-order valence-corrected chi connectivity index (χ0v) is 33.7. The second kappa shape index (κ2) is 14.2. The summed E-state index contributed by atoms with van der Waals surface area (Å²) in [7, 11) is -2.12. The first-order valence-electron chi connectivity index (χ1n) is 19.0. The van der Waals surface area contributed by atoms with Crippen LogP contribution in [0.1, 0.15) is 79.7 Å². The van der Waals surface area contributed by atoms with Crippen LogP contribution in [-0.2, 0) is 40.8 Å². The maximum absolute atomic E-state index is 15.5. The van der Waals surface area contributed by atoms with E-state index in [0.29, 0.717) is 55.5 Å². The van der Waals surface area contributed by atoms with Crippen molar-refractivity contribution in [2.24, 2.45) is 13.0 Å². The Hall–Kier alpha value is -5.28. The number of para-hydroxylation sites is 1. The van der Waals surface area contributed by atoms with E-state index < -0.39 is 86.6 Å². The second-order valence-electron chi connectivity index (χ2n) is 16.2. The summed E-state index contributed by atoms with van der Waals surface area (Å²) < 4.78 is 120. The standard InChI is InChI=1S/C39H37F6N9O4S2/c1-38(2,56)16-46-37-49-36-27(59-37)14-23(21-5-4-6-22-32(21)53(3)51-35(22)52-60(57,58)20-7-8-20)30(48-36)26(11-17-9-18(40)12-19(41)10-17)47-28(55)15-54-33-29(31(50-54)34(42)43)24-13-25(24)39(33,44)45/h4-6,9-10,12,14,20,24-26,34,56H,7-8,11,13,15-16H2,1-3H3,(H,47,55)(H,51,52)(H,46,48,49)/t24-,25+,26-/m0/s1. The number of aromatic nitrogens is 6. The lowest BCUT2D eigenvalue weighted by molar-refractivity contribution is -0.123. The highest BCUT2D eigenvalue weighted by molar-refractivity contribution is 7.93. The van der Waals surface area contributed by atoms with Crippen molar-refractivity contribution in [3.8, 4) is 11.1 Å². The predicted molar refractivity (Wildman–Crippen MR) is 210 cm³/mol. The fraction of sp³-hybridized carbons (Fsp3) is 0.410. The van der Waals surface area contributed by atoms with E-state index in [2.05, 4.69) is 30.5 Å². The van der Waals surface area contributed by atoms with Crippen LogP contribution in [0.15, 0.2) is 42.5 Å². The number of hydrogen-bond donors (Lipinski definition) is 4. The van der Waals surface area contributed by atoms with E-state index in [-0.39, 0.29) is 47.7 Å². The van der Waals surface area contributed by atoms with Gasteiger partial charge in [-0.3, -0.25) is 18.9 Å². The molecule has 13 nitrogen and oxygen atoms in total. The average Bonchev–Trinajstić information content (AvgIpc) is 4.05. The van der Waals surface area contributed by atoms with Crippen molar-refractivity contribution in [3.05, 3.63) is 82.3 Å². The largest absolute Gasteiger partial charge is 0.389 e. The van der Waals surface area contributed by atoms with Gasteiger partial charge in [-0.15, -0.1) is 0 Å². The van der Waals surface area contributed by atoms with E-state index in [1.165, 1.54) is 16.0 Å². The van der Waals surface area contributed by atoms with Crippen molar-refractivity contribution in [2.75, 3.05) is 16.6 Å². The van der Waals surface area contributed by atoms with Gasteiger partial charge in [0, 0.05) is 47.7 Å². The van der Waals surface area contributed by atoms with Crippen LogP contribution in [0.5, 0.6) is 0 Å². The minimum atomic E-state index is -3.73. The summed E-state index contributed by atoms with van der Waals surface area (Å²) in [5, 5.41) is 24.7. The first-order chi connectivity index (χ1) is 28.3. The average molecular weight is 874 g/mol. The Kier molecular flexibility index (Phi) is 9.47. The zero-order chi connectivity index (χ0) is 42.6. The van der Waals surface area contributed by atoms with Crippen molar-refractivity contribution in [3.63, 3.8) is 0 Å². The van der Waals surface area contributed by atoms with Crippen LogP contribution in [-0.4, -0.2) is 66.4 Å². The first kappa shape index (κ1) is 40.1. The number of sulfonamides is 1. The molecular formula is C39H37F6N9O4S2. The predicted octanol–water partition coefficient (Wildman–Crippen LogP) is 7.05. The number of halogens is 6. The monoisotopic (exact) mass is 873 g/mol. The number of aliphatic hydroxyl groups is 1. The van der Waals surface area contributed by atoms with E-state index >= 15 is 8.78 Å². The Morgan fingerprint density at radius 3 is 2.47 bits per heavy atom. The molecule has 316 valence electrons. The molecule has 9 rings (SSSR count). The van der Waals surface area contributed by atoms with Crippen molar-refractivity contribution < 1.29 is 44.7 Å².